The Labute approximate surface area is 110 Å². The van der Waals surface area contributed by atoms with Crippen molar-refractivity contribution in [1.82, 2.24) is 0 Å². The number of nitrogens with two attached hydrogens (primary N) is 1. The van der Waals surface area contributed by atoms with E-state index in [2.05, 4.69) is 13.0 Å². The van der Waals surface area contributed by atoms with Gasteiger partial charge in [0, 0.05) is 11.1 Å². The van der Waals surface area contributed by atoms with E-state index in [-0.39, 0.29) is 6.04 Å². The average molecular weight is 254 g/mol. The second kappa shape index (κ2) is 8.54. The first-order chi connectivity index (χ1) is 8.24. The topological polar surface area (TPSA) is 26.0 Å². The second-order valence-corrected chi connectivity index (χ2v) is 5.17. The molecule has 0 fully saturated rings. The second-order valence-electron chi connectivity index (χ2n) is 4.76. The number of rotatable bonds is 8. The van der Waals surface area contributed by atoms with Crippen LogP contribution in [0.4, 0.5) is 0 Å². The molecule has 0 saturated carbocycles. The first-order valence-corrected chi connectivity index (χ1v) is 7.10. The Morgan fingerprint density at radius 2 is 1.82 bits per heavy atom. The molecule has 0 radical (unpaired) electrons. The molecule has 1 atom stereocenters. The summed E-state index contributed by atoms with van der Waals surface area (Å²) in [6.07, 6.45) is 8.54. The molecule has 0 amide bonds. The highest BCUT2D eigenvalue weighted by Gasteiger charge is 2.06. The van der Waals surface area contributed by atoms with Crippen molar-refractivity contribution in [2.45, 2.75) is 57.9 Å². The van der Waals surface area contributed by atoms with Gasteiger partial charge in [-0.25, -0.2) is 0 Å². The van der Waals surface area contributed by atoms with E-state index in [4.69, 9.17) is 17.3 Å². The summed E-state index contributed by atoms with van der Waals surface area (Å²) in [6.45, 7) is 2.24. The lowest BCUT2D eigenvalue weighted by Crippen LogP contribution is -2.22. The molecule has 1 rings (SSSR count). The van der Waals surface area contributed by atoms with Gasteiger partial charge in [-0.3, -0.25) is 0 Å². The first kappa shape index (κ1) is 14.5. The Kier molecular flexibility index (Phi) is 7.30. The third-order valence-corrected chi connectivity index (χ3v) is 3.49. The van der Waals surface area contributed by atoms with Crippen molar-refractivity contribution in [2.75, 3.05) is 0 Å². The van der Waals surface area contributed by atoms with Gasteiger partial charge in [0.25, 0.3) is 0 Å². The summed E-state index contributed by atoms with van der Waals surface area (Å²) in [5.41, 5.74) is 7.31. The van der Waals surface area contributed by atoms with Gasteiger partial charge >= 0.3 is 0 Å². The maximum Gasteiger partial charge on any atom is 0.0438 e. The molecule has 0 heterocycles. The smallest absolute Gasteiger partial charge is 0.0438 e. The Bertz CT molecular complexity index is 312. The van der Waals surface area contributed by atoms with Gasteiger partial charge in [0.1, 0.15) is 0 Å². The van der Waals surface area contributed by atoms with E-state index in [0.717, 1.165) is 17.9 Å². The molecule has 1 unspecified atom stereocenters. The van der Waals surface area contributed by atoms with Crippen LogP contribution in [0.1, 0.15) is 51.0 Å². The van der Waals surface area contributed by atoms with Gasteiger partial charge in [-0.1, -0.05) is 68.8 Å². The zero-order chi connectivity index (χ0) is 12.5. The van der Waals surface area contributed by atoms with Crippen LogP contribution in [-0.2, 0) is 6.42 Å². The summed E-state index contributed by atoms with van der Waals surface area (Å²) < 4.78 is 0. The fraction of sp³-hybridized carbons (Fsp3) is 0.600. The monoisotopic (exact) mass is 253 g/mol. The minimum absolute atomic E-state index is 0.247. The molecule has 1 aromatic carbocycles. The van der Waals surface area contributed by atoms with Crippen molar-refractivity contribution in [3.05, 3.63) is 34.9 Å². The van der Waals surface area contributed by atoms with Gasteiger partial charge in [0.2, 0.25) is 0 Å². The fourth-order valence-corrected chi connectivity index (χ4v) is 2.27. The standard InChI is InChI=1S/C15H24ClN/c1-2-3-4-5-6-10-14(17)12-13-9-7-8-11-15(13)16/h7-9,11,14H,2-6,10,12,17H2,1H3. The third-order valence-electron chi connectivity index (χ3n) is 3.12. The van der Waals surface area contributed by atoms with Gasteiger partial charge < -0.3 is 5.73 Å². The predicted octanol–water partition coefficient (Wildman–Crippen LogP) is 4.57. The van der Waals surface area contributed by atoms with E-state index in [9.17, 15) is 0 Å². The summed E-state index contributed by atoms with van der Waals surface area (Å²) in [6, 6.07) is 8.23. The van der Waals surface area contributed by atoms with E-state index in [0.29, 0.717) is 0 Å². The Morgan fingerprint density at radius 3 is 2.53 bits per heavy atom. The van der Waals surface area contributed by atoms with Crippen LogP contribution >= 0.6 is 11.6 Å². The molecular weight excluding hydrogens is 230 g/mol. The molecule has 17 heavy (non-hydrogen) atoms. The van der Waals surface area contributed by atoms with E-state index >= 15 is 0 Å². The summed E-state index contributed by atoms with van der Waals surface area (Å²) >= 11 is 6.12. The van der Waals surface area contributed by atoms with Gasteiger partial charge in [-0.15, -0.1) is 0 Å². The molecule has 0 aliphatic heterocycles. The molecule has 0 bridgehead atoms. The lowest BCUT2D eigenvalue weighted by molar-refractivity contribution is 0.538. The van der Waals surface area contributed by atoms with Gasteiger partial charge in [0.15, 0.2) is 0 Å². The summed E-state index contributed by atoms with van der Waals surface area (Å²) in [5, 5.41) is 0.842. The van der Waals surface area contributed by atoms with Crippen molar-refractivity contribution in [1.29, 1.82) is 0 Å². The van der Waals surface area contributed by atoms with Crippen LogP contribution in [0.2, 0.25) is 5.02 Å². The fourth-order valence-electron chi connectivity index (χ4n) is 2.06. The highest BCUT2D eigenvalue weighted by atomic mass is 35.5. The zero-order valence-corrected chi connectivity index (χ0v) is 11.5. The van der Waals surface area contributed by atoms with Crippen molar-refractivity contribution in [2.24, 2.45) is 5.73 Å². The van der Waals surface area contributed by atoms with Crippen LogP contribution in [0.15, 0.2) is 24.3 Å². The molecular formula is C15H24ClN. The highest BCUT2D eigenvalue weighted by Crippen LogP contribution is 2.17. The molecule has 1 aromatic rings. The van der Waals surface area contributed by atoms with E-state index < -0.39 is 0 Å². The lowest BCUT2D eigenvalue weighted by atomic mass is 10.0. The molecule has 2 heteroatoms. The maximum absolute atomic E-state index is 6.13. The number of hydrogen-bond donors (Lipinski definition) is 1. The quantitative estimate of drug-likeness (QED) is 0.675. The Morgan fingerprint density at radius 1 is 1.12 bits per heavy atom. The first-order valence-electron chi connectivity index (χ1n) is 6.73. The number of hydrogen-bond acceptors (Lipinski definition) is 1. The lowest BCUT2D eigenvalue weighted by Gasteiger charge is -2.12. The van der Waals surface area contributed by atoms with Crippen LogP contribution in [0.3, 0.4) is 0 Å². The largest absolute Gasteiger partial charge is 0.327 e. The summed E-state index contributed by atoms with van der Waals surface area (Å²) in [4.78, 5) is 0. The molecule has 0 aliphatic carbocycles. The van der Waals surface area contributed by atoms with Crippen LogP contribution in [0.5, 0.6) is 0 Å². The van der Waals surface area contributed by atoms with Crippen LogP contribution in [0, 0.1) is 0 Å². The van der Waals surface area contributed by atoms with Gasteiger partial charge in [-0.2, -0.15) is 0 Å². The molecule has 1 nitrogen and oxygen atoms in total. The molecule has 0 spiro atoms. The van der Waals surface area contributed by atoms with E-state index in [1.54, 1.807) is 0 Å². The van der Waals surface area contributed by atoms with Crippen LogP contribution in [0.25, 0.3) is 0 Å². The number of halogens is 1. The van der Waals surface area contributed by atoms with Crippen LogP contribution in [-0.4, -0.2) is 6.04 Å². The summed E-state index contributed by atoms with van der Waals surface area (Å²) in [5.74, 6) is 0. The van der Waals surface area contributed by atoms with Crippen molar-refractivity contribution in [3.63, 3.8) is 0 Å². The van der Waals surface area contributed by atoms with E-state index in [1.807, 2.05) is 18.2 Å². The number of benzene rings is 1. The minimum atomic E-state index is 0.247. The van der Waals surface area contributed by atoms with Crippen molar-refractivity contribution >= 4 is 11.6 Å². The van der Waals surface area contributed by atoms with Gasteiger partial charge in [0.05, 0.1) is 0 Å². The van der Waals surface area contributed by atoms with E-state index in [1.165, 1.54) is 37.7 Å². The molecule has 0 saturated heterocycles. The normalized spacial score (nSPS) is 12.6. The molecule has 0 aliphatic rings. The van der Waals surface area contributed by atoms with Crippen molar-refractivity contribution in [3.8, 4) is 0 Å². The van der Waals surface area contributed by atoms with Crippen molar-refractivity contribution < 1.29 is 0 Å². The molecule has 2 N–H and O–H groups in total. The van der Waals surface area contributed by atoms with Gasteiger partial charge in [-0.05, 0) is 24.5 Å². The zero-order valence-electron chi connectivity index (χ0n) is 10.8. The molecule has 0 aromatic heterocycles. The third kappa shape index (κ3) is 6.09. The Balaban J connectivity index is 2.21. The highest BCUT2D eigenvalue weighted by molar-refractivity contribution is 6.31. The predicted molar refractivity (Wildman–Crippen MR) is 76.5 cm³/mol. The number of unbranched alkanes of at least 4 members (excludes halogenated alkanes) is 4. The minimum Gasteiger partial charge on any atom is -0.327 e. The average Bonchev–Trinajstić information content (AvgIpc) is 2.32. The summed E-state index contributed by atoms with van der Waals surface area (Å²) in [7, 11) is 0. The van der Waals surface area contributed by atoms with Crippen LogP contribution < -0.4 is 5.73 Å². The Hall–Kier alpha value is -0.530. The molecule has 96 valence electrons. The maximum atomic E-state index is 6.13. The SMILES string of the molecule is CCCCCCCC(N)Cc1ccccc1Cl.